The molecule has 112 valence electrons. The van der Waals surface area contributed by atoms with Crippen LogP contribution in [0.2, 0.25) is 0 Å². The summed E-state index contributed by atoms with van der Waals surface area (Å²) in [6, 6.07) is 5.77. The Morgan fingerprint density at radius 1 is 1.15 bits per heavy atom. The highest BCUT2D eigenvalue weighted by molar-refractivity contribution is 5.28. The zero-order valence-corrected chi connectivity index (χ0v) is 12.1. The molecule has 1 nitrogen and oxygen atoms in total. The van der Waals surface area contributed by atoms with Gasteiger partial charge in [0, 0.05) is 6.04 Å². The SMILES string of the molecule is CCC1(C(NC)c2ccc(C(F)(F)F)cc2)CCCC1. The second-order valence-corrected chi connectivity index (χ2v) is 5.76. The largest absolute Gasteiger partial charge is 0.416 e. The van der Waals surface area contributed by atoms with E-state index in [0.717, 1.165) is 24.8 Å². The van der Waals surface area contributed by atoms with E-state index in [2.05, 4.69) is 12.2 Å². The fourth-order valence-electron chi connectivity index (χ4n) is 3.62. The Morgan fingerprint density at radius 3 is 2.10 bits per heavy atom. The van der Waals surface area contributed by atoms with Crippen molar-refractivity contribution < 1.29 is 13.2 Å². The maximum absolute atomic E-state index is 12.6. The highest BCUT2D eigenvalue weighted by Crippen LogP contribution is 2.50. The van der Waals surface area contributed by atoms with E-state index >= 15 is 0 Å². The molecule has 0 aliphatic heterocycles. The van der Waals surface area contributed by atoms with Crippen LogP contribution in [0.5, 0.6) is 0 Å². The van der Waals surface area contributed by atoms with Gasteiger partial charge in [-0.3, -0.25) is 0 Å². The Hall–Kier alpha value is -1.03. The molecule has 4 heteroatoms. The average molecular weight is 285 g/mol. The average Bonchev–Trinajstić information content (AvgIpc) is 2.89. The lowest BCUT2D eigenvalue weighted by molar-refractivity contribution is -0.137. The molecule has 0 amide bonds. The molecule has 1 saturated carbocycles. The molecule has 20 heavy (non-hydrogen) atoms. The second kappa shape index (κ2) is 5.76. The third-order valence-corrected chi connectivity index (χ3v) is 4.78. The molecular weight excluding hydrogens is 263 g/mol. The molecule has 0 radical (unpaired) electrons. The topological polar surface area (TPSA) is 12.0 Å². The first-order valence-corrected chi connectivity index (χ1v) is 7.27. The number of rotatable bonds is 4. The van der Waals surface area contributed by atoms with E-state index in [9.17, 15) is 13.2 Å². The van der Waals surface area contributed by atoms with Crippen LogP contribution in [-0.2, 0) is 6.18 Å². The molecule has 1 atom stereocenters. The first kappa shape index (κ1) is 15.4. The lowest BCUT2D eigenvalue weighted by Crippen LogP contribution is -2.34. The van der Waals surface area contributed by atoms with Crippen LogP contribution in [0, 0.1) is 5.41 Å². The molecule has 0 spiro atoms. The minimum absolute atomic E-state index is 0.136. The van der Waals surface area contributed by atoms with Crippen LogP contribution < -0.4 is 5.32 Å². The molecule has 2 rings (SSSR count). The number of halogens is 3. The van der Waals surface area contributed by atoms with E-state index in [0.29, 0.717) is 0 Å². The van der Waals surface area contributed by atoms with E-state index < -0.39 is 11.7 Å². The van der Waals surface area contributed by atoms with E-state index in [4.69, 9.17) is 0 Å². The van der Waals surface area contributed by atoms with Gasteiger partial charge in [0.1, 0.15) is 0 Å². The van der Waals surface area contributed by atoms with Crippen LogP contribution >= 0.6 is 0 Å². The number of nitrogens with one attached hydrogen (secondary N) is 1. The van der Waals surface area contributed by atoms with Crippen molar-refractivity contribution in [1.82, 2.24) is 5.32 Å². The van der Waals surface area contributed by atoms with Gasteiger partial charge in [0.05, 0.1) is 5.56 Å². The Balaban J connectivity index is 2.28. The molecule has 1 aromatic carbocycles. The molecule has 0 heterocycles. The van der Waals surface area contributed by atoms with Crippen molar-refractivity contribution >= 4 is 0 Å². The smallest absolute Gasteiger partial charge is 0.313 e. The van der Waals surface area contributed by atoms with Crippen molar-refractivity contribution in [3.05, 3.63) is 35.4 Å². The summed E-state index contributed by atoms with van der Waals surface area (Å²) in [5.41, 5.74) is 0.575. The highest BCUT2D eigenvalue weighted by Gasteiger charge is 2.40. The summed E-state index contributed by atoms with van der Waals surface area (Å²) in [6.07, 6.45) is 1.52. The summed E-state index contributed by atoms with van der Waals surface area (Å²) in [5, 5.41) is 3.33. The fourth-order valence-corrected chi connectivity index (χ4v) is 3.62. The van der Waals surface area contributed by atoms with Crippen molar-refractivity contribution in [2.24, 2.45) is 5.41 Å². The quantitative estimate of drug-likeness (QED) is 0.826. The van der Waals surface area contributed by atoms with Gasteiger partial charge in [0.2, 0.25) is 0 Å². The van der Waals surface area contributed by atoms with Crippen molar-refractivity contribution in [3.63, 3.8) is 0 Å². The van der Waals surface area contributed by atoms with Crippen molar-refractivity contribution in [3.8, 4) is 0 Å². The van der Waals surface area contributed by atoms with Crippen molar-refractivity contribution in [1.29, 1.82) is 0 Å². The van der Waals surface area contributed by atoms with Gasteiger partial charge in [0.15, 0.2) is 0 Å². The molecule has 1 N–H and O–H groups in total. The minimum Gasteiger partial charge on any atom is -0.313 e. The zero-order chi connectivity index (χ0) is 14.8. The number of alkyl halides is 3. The monoisotopic (exact) mass is 285 g/mol. The lowest BCUT2D eigenvalue weighted by Gasteiger charge is -2.37. The van der Waals surface area contributed by atoms with Gasteiger partial charge in [-0.25, -0.2) is 0 Å². The standard InChI is InChI=1S/C16H22F3N/c1-3-15(10-4-5-11-15)14(20-2)12-6-8-13(9-7-12)16(17,18)19/h6-9,14,20H,3-5,10-11H2,1-2H3. The summed E-state index contributed by atoms with van der Waals surface area (Å²) in [4.78, 5) is 0. The summed E-state index contributed by atoms with van der Waals surface area (Å²) in [5.74, 6) is 0. The van der Waals surface area contributed by atoms with Crippen LogP contribution in [-0.4, -0.2) is 7.05 Å². The van der Waals surface area contributed by atoms with Gasteiger partial charge >= 0.3 is 6.18 Å². The van der Waals surface area contributed by atoms with Crippen LogP contribution in [0.4, 0.5) is 13.2 Å². The highest BCUT2D eigenvalue weighted by atomic mass is 19.4. The predicted octanol–water partition coefficient (Wildman–Crippen LogP) is 4.94. The Kier molecular flexibility index (Phi) is 4.43. The molecule has 0 aromatic heterocycles. The maximum atomic E-state index is 12.6. The summed E-state index contributed by atoms with van der Waals surface area (Å²) in [6.45, 7) is 2.18. The van der Waals surface area contributed by atoms with E-state index in [1.807, 2.05) is 7.05 Å². The normalized spacial score (nSPS) is 20.1. The summed E-state index contributed by atoms with van der Waals surface area (Å²) < 4.78 is 37.9. The Morgan fingerprint density at radius 2 is 1.70 bits per heavy atom. The zero-order valence-electron chi connectivity index (χ0n) is 12.1. The van der Waals surface area contributed by atoms with Gasteiger partial charge in [-0.1, -0.05) is 31.9 Å². The molecule has 0 saturated heterocycles. The molecular formula is C16H22F3N. The van der Waals surface area contributed by atoms with Crippen LogP contribution in [0.15, 0.2) is 24.3 Å². The number of hydrogen-bond donors (Lipinski definition) is 1. The minimum atomic E-state index is -4.26. The van der Waals surface area contributed by atoms with E-state index in [1.165, 1.54) is 25.0 Å². The Bertz CT molecular complexity index is 430. The van der Waals surface area contributed by atoms with E-state index in [-0.39, 0.29) is 11.5 Å². The predicted molar refractivity (Wildman–Crippen MR) is 74.4 cm³/mol. The van der Waals surface area contributed by atoms with Gasteiger partial charge in [-0.2, -0.15) is 13.2 Å². The van der Waals surface area contributed by atoms with Crippen LogP contribution in [0.3, 0.4) is 0 Å². The lowest BCUT2D eigenvalue weighted by atomic mass is 9.73. The summed E-state index contributed by atoms with van der Waals surface area (Å²) >= 11 is 0. The maximum Gasteiger partial charge on any atom is 0.416 e. The second-order valence-electron chi connectivity index (χ2n) is 5.76. The van der Waals surface area contributed by atoms with Gasteiger partial charge < -0.3 is 5.32 Å². The fraction of sp³-hybridized carbons (Fsp3) is 0.625. The summed E-state index contributed by atoms with van der Waals surface area (Å²) in [7, 11) is 1.90. The third kappa shape index (κ3) is 2.85. The number of benzene rings is 1. The molecule has 1 unspecified atom stereocenters. The first-order chi connectivity index (χ1) is 9.43. The molecule has 1 aromatic rings. The van der Waals surface area contributed by atoms with Gasteiger partial charge in [0.25, 0.3) is 0 Å². The van der Waals surface area contributed by atoms with Crippen molar-refractivity contribution in [2.75, 3.05) is 7.05 Å². The van der Waals surface area contributed by atoms with Crippen LogP contribution in [0.1, 0.15) is 56.2 Å². The molecule has 0 bridgehead atoms. The third-order valence-electron chi connectivity index (χ3n) is 4.78. The molecule has 1 aliphatic rings. The van der Waals surface area contributed by atoms with Gasteiger partial charge in [-0.15, -0.1) is 0 Å². The van der Waals surface area contributed by atoms with Gasteiger partial charge in [-0.05, 0) is 49.4 Å². The molecule has 1 aliphatic carbocycles. The Labute approximate surface area is 118 Å². The number of hydrogen-bond acceptors (Lipinski definition) is 1. The molecule has 1 fully saturated rings. The first-order valence-electron chi connectivity index (χ1n) is 7.27. The van der Waals surface area contributed by atoms with E-state index in [1.54, 1.807) is 12.1 Å². The van der Waals surface area contributed by atoms with Crippen LogP contribution in [0.25, 0.3) is 0 Å². The van der Waals surface area contributed by atoms with Crippen molar-refractivity contribution in [2.45, 2.75) is 51.2 Å².